The second-order valence-electron chi connectivity index (χ2n) is 4.33. The summed E-state index contributed by atoms with van der Waals surface area (Å²) in [6.45, 7) is 0. The monoisotopic (exact) mass is 325 g/mol. The number of aromatic nitrogens is 3. The van der Waals surface area contributed by atoms with Gasteiger partial charge < -0.3 is 0 Å². The maximum atomic E-state index is 4.56. The van der Waals surface area contributed by atoms with Gasteiger partial charge in [0, 0.05) is 47.4 Å². The van der Waals surface area contributed by atoms with Crippen LogP contribution >= 0.6 is 15.9 Å². The van der Waals surface area contributed by atoms with E-state index in [1.165, 1.54) is 5.56 Å². The van der Waals surface area contributed by atoms with Crippen LogP contribution in [-0.4, -0.2) is 15.0 Å². The molecule has 0 spiro atoms. The van der Waals surface area contributed by atoms with Crippen molar-refractivity contribution in [2.45, 2.75) is 5.33 Å². The molecule has 0 aliphatic heterocycles. The Morgan fingerprint density at radius 2 is 1.45 bits per heavy atom. The molecule has 0 saturated heterocycles. The molecule has 0 aromatic carbocycles. The summed E-state index contributed by atoms with van der Waals surface area (Å²) in [6.07, 6.45) is 9.07. The second-order valence-corrected chi connectivity index (χ2v) is 4.89. The molecule has 20 heavy (non-hydrogen) atoms. The van der Waals surface area contributed by atoms with Crippen LogP contribution in [0, 0.1) is 0 Å². The molecule has 3 heterocycles. The zero-order valence-corrected chi connectivity index (χ0v) is 12.3. The number of pyridine rings is 3. The molecule has 4 heteroatoms. The molecule has 0 atom stereocenters. The van der Waals surface area contributed by atoms with E-state index in [1.807, 2.05) is 30.5 Å². The van der Waals surface area contributed by atoms with E-state index in [0.717, 1.165) is 27.7 Å². The normalized spacial score (nSPS) is 10.4. The Kier molecular flexibility index (Phi) is 3.83. The van der Waals surface area contributed by atoms with E-state index in [1.54, 1.807) is 24.8 Å². The Labute approximate surface area is 125 Å². The van der Waals surface area contributed by atoms with Gasteiger partial charge in [0.2, 0.25) is 0 Å². The maximum Gasteiger partial charge on any atom is 0.0706 e. The van der Waals surface area contributed by atoms with E-state index < -0.39 is 0 Å². The Balaban J connectivity index is 2.07. The van der Waals surface area contributed by atoms with Gasteiger partial charge in [-0.15, -0.1) is 0 Å². The number of nitrogens with zero attached hydrogens (tertiary/aromatic N) is 3. The summed E-state index contributed by atoms with van der Waals surface area (Å²) in [6, 6.07) is 10.0. The Bertz CT molecular complexity index is 699. The first-order valence-corrected chi connectivity index (χ1v) is 7.36. The SMILES string of the molecule is BrCc1cc(-c2ccncc2)ncc1-c1ccncc1. The Morgan fingerprint density at radius 1 is 0.850 bits per heavy atom. The van der Waals surface area contributed by atoms with Crippen LogP contribution in [0.3, 0.4) is 0 Å². The van der Waals surface area contributed by atoms with Crippen LogP contribution in [0.15, 0.2) is 61.3 Å². The molecule has 0 aliphatic carbocycles. The maximum absolute atomic E-state index is 4.56. The van der Waals surface area contributed by atoms with Gasteiger partial charge in [-0.2, -0.15) is 0 Å². The third-order valence-corrected chi connectivity index (χ3v) is 3.71. The van der Waals surface area contributed by atoms with Crippen LogP contribution in [0.25, 0.3) is 22.4 Å². The third kappa shape index (κ3) is 2.60. The van der Waals surface area contributed by atoms with Gasteiger partial charge >= 0.3 is 0 Å². The summed E-state index contributed by atoms with van der Waals surface area (Å²) in [5, 5.41) is 0.783. The highest BCUT2D eigenvalue weighted by atomic mass is 79.9. The molecule has 3 nitrogen and oxygen atoms in total. The predicted octanol–water partition coefficient (Wildman–Crippen LogP) is 4.10. The average molecular weight is 326 g/mol. The van der Waals surface area contributed by atoms with Gasteiger partial charge in [-0.3, -0.25) is 15.0 Å². The largest absolute Gasteiger partial charge is 0.265 e. The number of hydrogen-bond acceptors (Lipinski definition) is 3. The fourth-order valence-corrected chi connectivity index (χ4v) is 2.54. The lowest BCUT2D eigenvalue weighted by Gasteiger charge is -2.09. The molecule has 0 fully saturated rings. The van der Waals surface area contributed by atoms with Crippen LogP contribution in [0.5, 0.6) is 0 Å². The molecule has 98 valence electrons. The van der Waals surface area contributed by atoms with Gasteiger partial charge in [0.05, 0.1) is 5.69 Å². The summed E-state index contributed by atoms with van der Waals surface area (Å²) in [4.78, 5) is 12.7. The highest BCUT2D eigenvalue weighted by molar-refractivity contribution is 9.08. The molecule has 3 rings (SSSR count). The highest BCUT2D eigenvalue weighted by Gasteiger charge is 2.07. The van der Waals surface area contributed by atoms with Gasteiger partial charge in [-0.1, -0.05) is 15.9 Å². The third-order valence-electron chi connectivity index (χ3n) is 3.10. The lowest BCUT2D eigenvalue weighted by Crippen LogP contribution is -1.92. The fourth-order valence-electron chi connectivity index (χ4n) is 2.08. The van der Waals surface area contributed by atoms with Crippen LogP contribution in [0.2, 0.25) is 0 Å². The number of halogens is 1. The zero-order valence-electron chi connectivity index (χ0n) is 10.7. The van der Waals surface area contributed by atoms with Crippen molar-refractivity contribution in [1.29, 1.82) is 0 Å². The molecule has 0 bridgehead atoms. The van der Waals surface area contributed by atoms with E-state index in [9.17, 15) is 0 Å². The molecule has 0 unspecified atom stereocenters. The van der Waals surface area contributed by atoms with Gasteiger partial charge in [0.25, 0.3) is 0 Å². The first kappa shape index (κ1) is 12.9. The molecule has 0 N–H and O–H groups in total. The molecule has 0 aliphatic rings. The van der Waals surface area contributed by atoms with E-state index in [2.05, 4.69) is 36.9 Å². The molecule has 3 aromatic heterocycles. The van der Waals surface area contributed by atoms with Crippen LogP contribution in [0.1, 0.15) is 5.56 Å². The average Bonchev–Trinajstić information content (AvgIpc) is 2.56. The Hall–Kier alpha value is -2.07. The zero-order chi connectivity index (χ0) is 13.8. The number of alkyl halides is 1. The van der Waals surface area contributed by atoms with Crippen molar-refractivity contribution in [2.75, 3.05) is 0 Å². The van der Waals surface area contributed by atoms with Crippen molar-refractivity contribution in [3.8, 4) is 22.4 Å². The van der Waals surface area contributed by atoms with Crippen molar-refractivity contribution >= 4 is 15.9 Å². The minimum Gasteiger partial charge on any atom is -0.265 e. The predicted molar refractivity (Wildman–Crippen MR) is 83.3 cm³/mol. The van der Waals surface area contributed by atoms with Crippen LogP contribution in [0.4, 0.5) is 0 Å². The van der Waals surface area contributed by atoms with Gasteiger partial charge in [-0.05, 0) is 41.5 Å². The van der Waals surface area contributed by atoms with Crippen molar-refractivity contribution in [3.05, 3.63) is 66.9 Å². The molecule has 0 saturated carbocycles. The first-order valence-electron chi connectivity index (χ1n) is 6.24. The first-order chi connectivity index (χ1) is 9.88. The van der Waals surface area contributed by atoms with Crippen LogP contribution < -0.4 is 0 Å². The molecular weight excluding hydrogens is 314 g/mol. The van der Waals surface area contributed by atoms with Crippen LogP contribution in [-0.2, 0) is 5.33 Å². The summed E-state index contributed by atoms with van der Waals surface area (Å²) in [7, 11) is 0. The van der Waals surface area contributed by atoms with Gasteiger partial charge in [0.15, 0.2) is 0 Å². The summed E-state index contributed by atoms with van der Waals surface area (Å²) in [5.41, 5.74) is 5.49. The van der Waals surface area contributed by atoms with Crippen molar-refractivity contribution < 1.29 is 0 Å². The molecular formula is C16H12BrN3. The van der Waals surface area contributed by atoms with E-state index in [0.29, 0.717) is 0 Å². The van der Waals surface area contributed by atoms with E-state index in [-0.39, 0.29) is 0 Å². The molecule has 0 amide bonds. The lowest BCUT2D eigenvalue weighted by molar-refractivity contribution is 1.25. The molecule has 0 radical (unpaired) electrons. The summed E-state index contributed by atoms with van der Waals surface area (Å²) in [5.74, 6) is 0. The highest BCUT2D eigenvalue weighted by Crippen LogP contribution is 2.27. The van der Waals surface area contributed by atoms with E-state index in [4.69, 9.17) is 0 Å². The van der Waals surface area contributed by atoms with Crippen molar-refractivity contribution in [1.82, 2.24) is 15.0 Å². The minimum atomic E-state index is 0.783. The number of rotatable bonds is 3. The smallest absolute Gasteiger partial charge is 0.0706 e. The van der Waals surface area contributed by atoms with Gasteiger partial charge in [-0.25, -0.2) is 0 Å². The quantitative estimate of drug-likeness (QED) is 0.680. The van der Waals surface area contributed by atoms with Crippen molar-refractivity contribution in [2.24, 2.45) is 0 Å². The summed E-state index contributed by atoms with van der Waals surface area (Å²) < 4.78 is 0. The van der Waals surface area contributed by atoms with E-state index >= 15 is 0 Å². The van der Waals surface area contributed by atoms with Gasteiger partial charge in [0.1, 0.15) is 0 Å². The standard InChI is InChI=1S/C16H12BrN3/c17-10-14-9-16(13-3-7-19-8-4-13)20-11-15(14)12-1-5-18-6-2-12/h1-9,11H,10H2. The lowest BCUT2D eigenvalue weighted by atomic mass is 10.0. The number of hydrogen-bond donors (Lipinski definition) is 0. The summed E-state index contributed by atoms with van der Waals surface area (Å²) >= 11 is 3.56. The Morgan fingerprint density at radius 3 is 2.05 bits per heavy atom. The second kappa shape index (κ2) is 5.92. The van der Waals surface area contributed by atoms with Crippen molar-refractivity contribution in [3.63, 3.8) is 0 Å². The molecule has 3 aromatic rings. The minimum absolute atomic E-state index is 0.783. The fraction of sp³-hybridized carbons (Fsp3) is 0.0625. The topological polar surface area (TPSA) is 38.7 Å².